The molecule has 4 nitrogen and oxygen atoms in total. The van der Waals surface area contributed by atoms with Crippen molar-refractivity contribution in [1.82, 2.24) is 10.0 Å². The highest BCUT2D eigenvalue weighted by atomic mass is 32.2. The van der Waals surface area contributed by atoms with Crippen molar-refractivity contribution in [3.8, 4) is 0 Å². The molecule has 2 N–H and O–H groups in total. The molecule has 2 saturated carbocycles. The standard InChI is InChI=1S/C15H22N2O2S/c18-20(19,17-15-5-2-6-15)11-13-4-1-3-12(9-13)10-16-14-7-8-14/h1,3-4,9,14-17H,2,5-8,10-11H2. The van der Waals surface area contributed by atoms with Crippen LogP contribution in [0.5, 0.6) is 0 Å². The molecule has 20 heavy (non-hydrogen) atoms. The molecular formula is C15H22N2O2S. The first-order valence-corrected chi connectivity index (χ1v) is 9.07. The molecule has 0 radical (unpaired) electrons. The van der Waals surface area contributed by atoms with E-state index >= 15 is 0 Å². The van der Waals surface area contributed by atoms with Crippen molar-refractivity contribution in [2.75, 3.05) is 0 Å². The Labute approximate surface area is 121 Å². The molecule has 0 heterocycles. The van der Waals surface area contributed by atoms with Gasteiger partial charge in [0.2, 0.25) is 10.0 Å². The van der Waals surface area contributed by atoms with Crippen LogP contribution in [0.25, 0.3) is 0 Å². The molecule has 5 heteroatoms. The molecule has 0 unspecified atom stereocenters. The fourth-order valence-electron chi connectivity index (χ4n) is 2.42. The van der Waals surface area contributed by atoms with Gasteiger partial charge in [0, 0.05) is 18.6 Å². The molecule has 1 aromatic rings. The van der Waals surface area contributed by atoms with Gasteiger partial charge in [-0.1, -0.05) is 30.7 Å². The van der Waals surface area contributed by atoms with Crippen LogP contribution in [-0.4, -0.2) is 20.5 Å². The van der Waals surface area contributed by atoms with Crippen LogP contribution in [0.1, 0.15) is 43.2 Å². The Hall–Kier alpha value is -0.910. The Bertz CT molecular complexity index is 563. The fraction of sp³-hybridized carbons (Fsp3) is 0.600. The lowest BCUT2D eigenvalue weighted by Gasteiger charge is -2.26. The maximum atomic E-state index is 12.1. The highest BCUT2D eigenvalue weighted by molar-refractivity contribution is 7.88. The average Bonchev–Trinajstić information content (AvgIpc) is 3.16. The van der Waals surface area contributed by atoms with E-state index in [9.17, 15) is 8.42 Å². The number of benzene rings is 1. The maximum absolute atomic E-state index is 12.1. The van der Waals surface area contributed by atoms with Crippen LogP contribution in [0.4, 0.5) is 0 Å². The lowest BCUT2D eigenvalue weighted by Crippen LogP contribution is -2.40. The van der Waals surface area contributed by atoms with Crippen LogP contribution in [0.15, 0.2) is 24.3 Å². The van der Waals surface area contributed by atoms with E-state index in [2.05, 4.69) is 10.0 Å². The van der Waals surface area contributed by atoms with E-state index < -0.39 is 10.0 Å². The molecule has 0 atom stereocenters. The Balaban J connectivity index is 1.58. The minimum absolute atomic E-state index is 0.0841. The molecule has 2 aliphatic rings. The number of sulfonamides is 1. The number of nitrogens with one attached hydrogen (secondary N) is 2. The first-order chi connectivity index (χ1) is 9.61. The second kappa shape index (κ2) is 5.84. The first-order valence-electron chi connectivity index (χ1n) is 7.42. The highest BCUT2D eigenvalue weighted by Crippen LogP contribution is 2.21. The molecule has 2 fully saturated rings. The molecule has 3 rings (SSSR count). The zero-order valence-electron chi connectivity index (χ0n) is 11.6. The highest BCUT2D eigenvalue weighted by Gasteiger charge is 2.23. The maximum Gasteiger partial charge on any atom is 0.216 e. The van der Waals surface area contributed by atoms with Gasteiger partial charge in [0.1, 0.15) is 0 Å². The van der Waals surface area contributed by atoms with Gasteiger partial charge >= 0.3 is 0 Å². The third-order valence-corrected chi connectivity index (χ3v) is 5.38. The summed E-state index contributed by atoms with van der Waals surface area (Å²) >= 11 is 0. The molecule has 0 spiro atoms. The molecule has 0 amide bonds. The molecule has 1 aromatic carbocycles. The SMILES string of the molecule is O=S(=O)(Cc1cccc(CNC2CC2)c1)NC1CCC1. The lowest BCUT2D eigenvalue weighted by atomic mass is 9.94. The van der Waals surface area contributed by atoms with Gasteiger partial charge in [-0.2, -0.15) is 0 Å². The van der Waals surface area contributed by atoms with Gasteiger partial charge in [-0.3, -0.25) is 0 Å². The second-order valence-electron chi connectivity index (χ2n) is 5.98. The summed E-state index contributed by atoms with van der Waals surface area (Å²) in [5, 5.41) is 3.45. The third kappa shape index (κ3) is 4.04. The van der Waals surface area contributed by atoms with E-state index in [0.29, 0.717) is 6.04 Å². The summed E-state index contributed by atoms with van der Waals surface area (Å²) < 4.78 is 26.9. The van der Waals surface area contributed by atoms with Gasteiger partial charge < -0.3 is 5.32 Å². The summed E-state index contributed by atoms with van der Waals surface area (Å²) in [5.41, 5.74) is 2.03. The van der Waals surface area contributed by atoms with Gasteiger partial charge in [-0.25, -0.2) is 13.1 Å². The Morgan fingerprint density at radius 2 is 1.80 bits per heavy atom. The summed E-state index contributed by atoms with van der Waals surface area (Å²) in [4.78, 5) is 0. The molecule has 0 saturated heterocycles. The van der Waals surface area contributed by atoms with Gasteiger partial charge in [0.05, 0.1) is 5.75 Å². The van der Waals surface area contributed by atoms with E-state index in [1.807, 2.05) is 24.3 Å². The van der Waals surface area contributed by atoms with E-state index in [0.717, 1.165) is 36.9 Å². The largest absolute Gasteiger partial charge is 0.310 e. The van der Waals surface area contributed by atoms with Crippen LogP contribution in [0.2, 0.25) is 0 Å². The zero-order valence-corrected chi connectivity index (χ0v) is 12.5. The van der Waals surface area contributed by atoms with Crippen LogP contribution in [0, 0.1) is 0 Å². The van der Waals surface area contributed by atoms with Crippen molar-refractivity contribution in [3.63, 3.8) is 0 Å². The predicted molar refractivity (Wildman–Crippen MR) is 79.7 cm³/mol. The molecule has 2 aliphatic carbocycles. The number of hydrogen-bond acceptors (Lipinski definition) is 3. The van der Waals surface area contributed by atoms with Crippen molar-refractivity contribution in [2.24, 2.45) is 0 Å². The minimum Gasteiger partial charge on any atom is -0.310 e. The molecule has 0 bridgehead atoms. The zero-order chi connectivity index (χ0) is 14.0. The van der Waals surface area contributed by atoms with Crippen molar-refractivity contribution in [2.45, 2.75) is 56.5 Å². The smallest absolute Gasteiger partial charge is 0.216 e. The Kier molecular flexibility index (Phi) is 4.10. The summed E-state index contributed by atoms with van der Waals surface area (Å²) in [6, 6.07) is 8.71. The quantitative estimate of drug-likeness (QED) is 0.807. The van der Waals surface area contributed by atoms with E-state index in [1.165, 1.54) is 12.8 Å². The van der Waals surface area contributed by atoms with Crippen molar-refractivity contribution >= 4 is 10.0 Å². The van der Waals surface area contributed by atoms with Gasteiger partial charge in [-0.15, -0.1) is 0 Å². The van der Waals surface area contributed by atoms with Crippen molar-refractivity contribution in [3.05, 3.63) is 35.4 Å². The number of rotatable bonds is 7. The first kappa shape index (κ1) is 14.0. The van der Waals surface area contributed by atoms with E-state index in [4.69, 9.17) is 0 Å². The van der Waals surface area contributed by atoms with Crippen LogP contribution in [-0.2, 0) is 22.3 Å². The second-order valence-corrected chi connectivity index (χ2v) is 7.73. The Morgan fingerprint density at radius 3 is 2.45 bits per heavy atom. The molecule has 0 aromatic heterocycles. The summed E-state index contributed by atoms with van der Waals surface area (Å²) in [5.74, 6) is 0.0841. The summed E-state index contributed by atoms with van der Waals surface area (Å²) in [7, 11) is -3.20. The Morgan fingerprint density at radius 1 is 1.05 bits per heavy atom. The van der Waals surface area contributed by atoms with Gasteiger partial charge in [0.15, 0.2) is 0 Å². The summed E-state index contributed by atoms with van der Waals surface area (Å²) in [6.07, 6.45) is 5.61. The van der Waals surface area contributed by atoms with Crippen LogP contribution >= 0.6 is 0 Å². The summed E-state index contributed by atoms with van der Waals surface area (Å²) in [6.45, 7) is 0.828. The van der Waals surface area contributed by atoms with E-state index in [1.54, 1.807) is 0 Å². The van der Waals surface area contributed by atoms with Crippen molar-refractivity contribution < 1.29 is 8.42 Å². The fourth-order valence-corrected chi connectivity index (χ4v) is 3.87. The monoisotopic (exact) mass is 294 g/mol. The predicted octanol–water partition coefficient (Wildman–Crippen LogP) is 1.91. The third-order valence-electron chi connectivity index (χ3n) is 3.97. The lowest BCUT2D eigenvalue weighted by molar-refractivity contribution is 0.383. The van der Waals surface area contributed by atoms with Crippen molar-refractivity contribution in [1.29, 1.82) is 0 Å². The van der Waals surface area contributed by atoms with Gasteiger partial charge in [-0.05, 0) is 36.8 Å². The van der Waals surface area contributed by atoms with E-state index in [-0.39, 0.29) is 11.8 Å². The molecule has 0 aliphatic heterocycles. The minimum atomic E-state index is -3.20. The number of hydrogen-bond donors (Lipinski definition) is 2. The molecular weight excluding hydrogens is 272 g/mol. The normalized spacial score (nSPS) is 19.8. The molecule has 110 valence electrons. The van der Waals surface area contributed by atoms with Gasteiger partial charge in [0.25, 0.3) is 0 Å². The van der Waals surface area contributed by atoms with Crippen LogP contribution < -0.4 is 10.0 Å². The topological polar surface area (TPSA) is 58.2 Å². The van der Waals surface area contributed by atoms with Crippen LogP contribution in [0.3, 0.4) is 0 Å². The average molecular weight is 294 g/mol.